The van der Waals surface area contributed by atoms with Crippen molar-refractivity contribution < 1.29 is 17.9 Å². The molecule has 0 aliphatic carbocycles. The zero-order valence-electron chi connectivity index (χ0n) is 10.7. The van der Waals surface area contributed by atoms with Gasteiger partial charge in [-0.1, -0.05) is 23.7 Å². The number of halogens is 1. The van der Waals surface area contributed by atoms with E-state index in [1.54, 1.807) is 18.2 Å². The van der Waals surface area contributed by atoms with E-state index in [0.717, 1.165) is 0 Å². The third kappa shape index (κ3) is 2.94. The highest BCUT2D eigenvalue weighted by molar-refractivity contribution is 7.89. The van der Waals surface area contributed by atoms with Crippen LogP contribution in [-0.2, 0) is 16.6 Å². The van der Waals surface area contributed by atoms with Crippen LogP contribution in [0.2, 0.25) is 5.15 Å². The topological polar surface area (TPSA) is 77.5 Å². The molecule has 0 radical (unpaired) electrons. The minimum absolute atomic E-state index is 0.0623. The third-order valence-corrected chi connectivity index (χ3v) is 4.54. The second kappa shape index (κ2) is 5.51. The summed E-state index contributed by atoms with van der Waals surface area (Å²) in [6.45, 7) is 0.230. The molecule has 0 saturated heterocycles. The van der Waals surface area contributed by atoms with Crippen LogP contribution >= 0.6 is 11.6 Å². The van der Waals surface area contributed by atoms with Gasteiger partial charge in [0, 0.05) is 18.3 Å². The van der Waals surface area contributed by atoms with E-state index in [9.17, 15) is 8.42 Å². The Morgan fingerprint density at radius 3 is 2.95 bits per heavy atom. The number of aromatic nitrogens is 1. The first-order valence-corrected chi connectivity index (χ1v) is 7.91. The number of benzene rings is 1. The molecule has 2 aromatic rings. The molecule has 6 nitrogen and oxygen atoms in total. The maximum absolute atomic E-state index is 12.2. The van der Waals surface area contributed by atoms with Crippen LogP contribution in [-0.4, -0.2) is 20.2 Å². The van der Waals surface area contributed by atoms with Gasteiger partial charge in [-0.3, -0.25) is 0 Å². The zero-order chi connectivity index (χ0) is 14.9. The maximum Gasteiger partial charge on any atom is 0.241 e. The monoisotopic (exact) mass is 326 g/mol. The molecule has 0 fully saturated rings. The summed E-state index contributed by atoms with van der Waals surface area (Å²) < 4.78 is 37.5. The van der Waals surface area contributed by atoms with Crippen LogP contribution < -0.4 is 14.2 Å². The molecule has 0 amide bonds. The lowest BCUT2D eigenvalue weighted by atomic mass is 10.2. The number of hydrogen-bond acceptors (Lipinski definition) is 5. The molecule has 1 aliphatic rings. The smallest absolute Gasteiger partial charge is 0.241 e. The molecule has 0 atom stereocenters. The number of hydrogen-bond donors (Lipinski definition) is 1. The van der Waals surface area contributed by atoms with Gasteiger partial charge in [0.1, 0.15) is 5.15 Å². The van der Waals surface area contributed by atoms with Crippen molar-refractivity contribution in [1.82, 2.24) is 9.71 Å². The molecular weight excluding hydrogens is 316 g/mol. The number of nitrogens with zero attached hydrogens (tertiary/aromatic N) is 1. The molecule has 1 aromatic heterocycles. The molecule has 1 N–H and O–H groups in total. The van der Waals surface area contributed by atoms with Crippen molar-refractivity contribution in [1.29, 1.82) is 0 Å². The van der Waals surface area contributed by atoms with Crippen molar-refractivity contribution >= 4 is 21.6 Å². The van der Waals surface area contributed by atoms with Crippen molar-refractivity contribution in [3.05, 3.63) is 47.2 Å². The summed E-state index contributed by atoms with van der Waals surface area (Å²) in [5.74, 6) is 1.17. The minimum Gasteiger partial charge on any atom is -0.454 e. The Hall–Kier alpha value is -1.83. The van der Waals surface area contributed by atoms with E-state index in [0.29, 0.717) is 17.1 Å². The van der Waals surface area contributed by atoms with E-state index < -0.39 is 10.0 Å². The Labute approximate surface area is 126 Å². The number of rotatable bonds is 4. The van der Waals surface area contributed by atoms with Crippen molar-refractivity contribution in [2.45, 2.75) is 11.4 Å². The summed E-state index contributed by atoms with van der Waals surface area (Å²) in [7, 11) is -3.67. The van der Waals surface area contributed by atoms with Crippen LogP contribution in [0.4, 0.5) is 0 Å². The summed E-state index contributed by atoms with van der Waals surface area (Å²) in [6, 6.07) is 7.99. The summed E-state index contributed by atoms with van der Waals surface area (Å²) in [5.41, 5.74) is 0.703. The van der Waals surface area contributed by atoms with Gasteiger partial charge < -0.3 is 9.47 Å². The lowest BCUT2D eigenvalue weighted by Crippen LogP contribution is -2.23. The van der Waals surface area contributed by atoms with E-state index in [1.807, 2.05) is 0 Å². The van der Waals surface area contributed by atoms with Crippen LogP contribution in [0.3, 0.4) is 0 Å². The number of pyridine rings is 1. The Kier molecular flexibility index (Phi) is 3.71. The summed E-state index contributed by atoms with van der Waals surface area (Å²) in [5, 5.41) is 0.121. The highest BCUT2D eigenvalue weighted by atomic mass is 35.5. The van der Waals surface area contributed by atoms with Gasteiger partial charge in [-0.2, -0.15) is 0 Å². The summed E-state index contributed by atoms with van der Waals surface area (Å²) in [6.07, 6.45) is 1.34. The minimum atomic E-state index is -3.67. The van der Waals surface area contributed by atoms with E-state index in [4.69, 9.17) is 21.1 Å². The average Bonchev–Trinajstić information content (AvgIpc) is 2.94. The average molecular weight is 327 g/mol. The molecule has 0 bridgehead atoms. The SMILES string of the molecule is O=S(=O)(NCc1cccc2c1OCO2)c1ccnc(Cl)c1. The Balaban J connectivity index is 1.80. The molecule has 0 saturated carbocycles. The zero-order valence-corrected chi connectivity index (χ0v) is 12.3. The standard InChI is InChI=1S/C13H11ClN2O4S/c14-12-6-10(4-5-15-12)21(17,18)16-7-9-2-1-3-11-13(9)20-8-19-11/h1-6,16H,7-8H2. The Morgan fingerprint density at radius 2 is 2.14 bits per heavy atom. The van der Waals surface area contributed by atoms with E-state index in [-0.39, 0.29) is 23.4 Å². The Bertz CT molecular complexity index is 779. The van der Waals surface area contributed by atoms with Crippen molar-refractivity contribution in [2.75, 3.05) is 6.79 Å². The Morgan fingerprint density at radius 1 is 1.29 bits per heavy atom. The first-order chi connectivity index (χ1) is 10.1. The maximum atomic E-state index is 12.2. The van der Waals surface area contributed by atoms with Gasteiger partial charge in [0.25, 0.3) is 0 Å². The molecule has 110 valence electrons. The van der Waals surface area contributed by atoms with Crippen LogP contribution in [0.5, 0.6) is 11.5 Å². The normalized spacial score (nSPS) is 13.4. The molecular formula is C13H11ClN2O4S. The van der Waals surface area contributed by atoms with E-state index in [1.165, 1.54) is 18.3 Å². The van der Waals surface area contributed by atoms with Gasteiger partial charge in [-0.15, -0.1) is 0 Å². The van der Waals surface area contributed by atoms with Crippen LogP contribution in [0, 0.1) is 0 Å². The van der Waals surface area contributed by atoms with Crippen molar-refractivity contribution in [3.8, 4) is 11.5 Å². The van der Waals surface area contributed by atoms with Gasteiger partial charge in [0.15, 0.2) is 11.5 Å². The van der Waals surface area contributed by atoms with Gasteiger partial charge in [0.05, 0.1) is 4.90 Å². The second-order valence-electron chi connectivity index (χ2n) is 4.29. The number of ether oxygens (including phenoxy) is 2. The van der Waals surface area contributed by atoms with Gasteiger partial charge in [-0.05, 0) is 18.2 Å². The van der Waals surface area contributed by atoms with Gasteiger partial charge in [-0.25, -0.2) is 18.1 Å². The number of fused-ring (bicyclic) bond motifs is 1. The third-order valence-electron chi connectivity index (χ3n) is 2.94. The molecule has 2 heterocycles. The molecule has 3 rings (SSSR count). The first kappa shape index (κ1) is 14.1. The number of para-hydroxylation sites is 1. The fraction of sp³-hybridized carbons (Fsp3) is 0.154. The van der Waals surface area contributed by atoms with Crippen molar-refractivity contribution in [3.63, 3.8) is 0 Å². The molecule has 8 heteroatoms. The second-order valence-corrected chi connectivity index (χ2v) is 6.44. The predicted octanol–water partition coefficient (Wildman–Crippen LogP) is 1.94. The molecule has 0 unspecified atom stereocenters. The highest BCUT2D eigenvalue weighted by Gasteiger charge is 2.20. The largest absolute Gasteiger partial charge is 0.454 e. The summed E-state index contributed by atoms with van der Waals surface area (Å²) >= 11 is 5.70. The molecule has 1 aromatic carbocycles. The fourth-order valence-electron chi connectivity index (χ4n) is 1.94. The van der Waals surface area contributed by atoms with Crippen LogP contribution in [0.25, 0.3) is 0 Å². The van der Waals surface area contributed by atoms with Crippen LogP contribution in [0.15, 0.2) is 41.4 Å². The van der Waals surface area contributed by atoms with Gasteiger partial charge >= 0.3 is 0 Å². The van der Waals surface area contributed by atoms with E-state index >= 15 is 0 Å². The number of nitrogens with one attached hydrogen (secondary N) is 1. The van der Waals surface area contributed by atoms with Gasteiger partial charge in [0.2, 0.25) is 16.8 Å². The number of sulfonamides is 1. The lowest BCUT2D eigenvalue weighted by Gasteiger charge is -2.09. The predicted molar refractivity (Wildman–Crippen MR) is 75.8 cm³/mol. The highest BCUT2D eigenvalue weighted by Crippen LogP contribution is 2.35. The molecule has 0 spiro atoms. The van der Waals surface area contributed by atoms with Crippen molar-refractivity contribution in [2.24, 2.45) is 0 Å². The summed E-state index contributed by atoms with van der Waals surface area (Å²) in [4.78, 5) is 3.82. The molecule has 21 heavy (non-hydrogen) atoms. The molecule has 1 aliphatic heterocycles. The lowest BCUT2D eigenvalue weighted by molar-refractivity contribution is 0.173. The van der Waals surface area contributed by atoms with Crippen LogP contribution in [0.1, 0.15) is 5.56 Å². The fourth-order valence-corrected chi connectivity index (χ4v) is 3.20. The first-order valence-electron chi connectivity index (χ1n) is 6.05. The quantitative estimate of drug-likeness (QED) is 0.869. The van der Waals surface area contributed by atoms with E-state index in [2.05, 4.69) is 9.71 Å².